The Balaban J connectivity index is 1.10. The van der Waals surface area contributed by atoms with Gasteiger partial charge in [0.15, 0.2) is 0 Å². The molecule has 290 valence electrons. The van der Waals surface area contributed by atoms with E-state index in [1.165, 1.54) is 58.9 Å². The summed E-state index contributed by atoms with van der Waals surface area (Å²) in [6, 6.07) is 82.4. The van der Waals surface area contributed by atoms with Crippen molar-refractivity contribution in [3.8, 4) is 22.3 Å². The van der Waals surface area contributed by atoms with Crippen LogP contribution in [0.5, 0.6) is 0 Å². The molecule has 13 rings (SSSR count). The van der Waals surface area contributed by atoms with Gasteiger partial charge in [-0.3, -0.25) is 0 Å². The predicted molar refractivity (Wildman–Crippen MR) is 262 cm³/mol. The fourth-order valence-corrected chi connectivity index (χ4v) is 11.7. The number of hydrogen-bond acceptors (Lipinski definition) is 3. The van der Waals surface area contributed by atoms with E-state index in [1.54, 1.807) is 0 Å². The van der Waals surface area contributed by atoms with Crippen LogP contribution in [0.1, 0.15) is 22.3 Å². The van der Waals surface area contributed by atoms with Crippen molar-refractivity contribution in [1.82, 2.24) is 0 Å². The first kappa shape index (κ1) is 35.1. The zero-order valence-electron chi connectivity index (χ0n) is 33.6. The molecule has 0 bridgehead atoms. The van der Waals surface area contributed by atoms with Crippen LogP contribution in [0, 0.1) is 0 Å². The zero-order chi connectivity index (χ0) is 40.8. The van der Waals surface area contributed by atoms with Crippen molar-refractivity contribution in [2.45, 2.75) is 5.41 Å². The Morgan fingerprint density at radius 3 is 1.84 bits per heavy atom. The Bertz CT molecular complexity index is 3670. The van der Waals surface area contributed by atoms with Gasteiger partial charge < -0.3 is 9.32 Å². The Kier molecular flexibility index (Phi) is 7.72. The Morgan fingerprint density at radius 1 is 0.387 bits per heavy atom. The first-order valence-corrected chi connectivity index (χ1v) is 22.1. The van der Waals surface area contributed by atoms with Crippen LogP contribution >= 0.6 is 11.3 Å². The highest BCUT2D eigenvalue weighted by atomic mass is 32.1. The maximum absolute atomic E-state index is 6.75. The minimum Gasteiger partial charge on any atom is -0.455 e. The molecule has 0 N–H and O–H groups in total. The van der Waals surface area contributed by atoms with Gasteiger partial charge in [0.2, 0.25) is 0 Å². The molecule has 0 unspecified atom stereocenters. The molecule has 62 heavy (non-hydrogen) atoms. The molecule has 2 heterocycles. The summed E-state index contributed by atoms with van der Waals surface area (Å²) in [5, 5.41) is 7.11. The molecule has 0 fully saturated rings. The molecule has 0 spiro atoms. The summed E-state index contributed by atoms with van der Waals surface area (Å²) < 4.78 is 9.31. The molecule has 0 amide bonds. The third kappa shape index (κ3) is 5.03. The van der Waals surface area contributed by atoms with Crippen LogP contribution in [0.25, 0.3) is 75.1 Å². The molecule has 0 saturated heterocycles. The van der Waals surface area contributed by atoms with E-state index in [1.807, 2.05) is 11.3 Å². The summed E-state index contributed by atoms with van der Waals surface area (Å²) in [5.74, 6) is 0. The Labute approximate surface area is 363 Å². The number of anilines is 3. The van der Waals surface area contributed by atoms with E-state index in [9.17, 15) is 0 Å². The lowest BCUT2D eigenvalue weighted by molar-refractivity contribution is 0.673. The Morgan fingerprint density at radius 2 is 1.00 bits per heavy atom. The lowest BCUT2D eigenvalue weighted by Crippen LogP contribution is -2.28. The largest absolute Gasteiger partial charge is 0.455 e. The standard InChI is InChI=1S/C59H37NOS/c1-3-17-39(18-4-1)59(40-19-5-2-6-20-40)51-26-12-9-22-44(51)45-34-31-41(36-52(45)59)60(42-32-35-48-47-24-11-14-29-55(47)62-56(48)37-42)53-27-13-10-23-46(53)49-25-15-28-54-57(49)50-33-30-38-16-7-8-21-43(38)58(50)61-54/h1-37H. The molecular weight excluding hydrogens is 771 g/mol. The Hall–Kier alpha value is -7.72. The van der Waals surface area contributed by atoms with E-state index in [4.69, 9.17) is 4.42 Å². The minimum absolute atomic E-state index is 0.533. The highest BCUT2D eigenvalue weighted by molar-refractivity contribution is 7.25. The molecule has 1 aliphatic carbocycles. The highest BCUT2D eigenvalue weighted by Crippen LogP contribution is 2.58. The maximum atomic E-state index is 6.75. The van der Waals surface area contributed by atoms with Gasteiger partial charge in [-0.2, -0.15) is 0 Å². The third-order valence-electron chi connectivity index (χ3n) is 13.1. The fourth-order valence-electron chi connectivity index (χ4n) is 10.5. The number of nitrogens with zero attached hydrogens (tertiary/aromatic N) is 1. The van der Waals surface area contributed by atoms with Crippen molar-refractivity contribution in [2.24, 2.45) is 0 Å². The van der Waals surface area contributed by atoms with E-state index in [0.29, 0.717) is 0 Å². The first-order chi connectivity index (χ1) is 30.8. The van der Waals surface area contributed by atoms with Crippen LogP contribution in [0.2, 0.25) is 0 Å². The van der Waals surface area contributed by atoms with Crippen LogP contribution in [-0.2, 0) is 5.41 Å². The molecular formula is C59H37NOS. The van der Waals surface area contributed by atoms with Crippen LogP contribution in [0.3, 0.4) is 0 Å². The quantitative estimate of drug-likeness (QED) is 0.166. The van der Waals surface area contributed by atoms with Gasteiger partial charge in [0.25, 0.3) is 0 Å². The normalized spacial score (nSPS) is 13.0. The SMILES string of the molecule is c1ccc(C2(c3ccccc3)c3ccccc3-c3ccc(N(c4ccc5c(c4)sc4ccccc45)c4ccccc4-c4cccc5oc6c7ccccc7ccc6c45)cc32)cc1. The molecule has 2 aromatic heterocycles. The molecule has 1 aliphatic rings. The van der Waals surface area contributed by atoms with E-state index < -0.39 is 5.41 Å². The van der Waals surface area contributed by atoms with Crippen molar-refractivity contribution in [2.75, 3.05) is 4.90 Å². The van der Waals surface area contributed by atoms with Gasteiger partial charge in [0, 0.05) is 53.3 Å². The summed E-state index contributed by atoms with van der Waals surface area (Å²) in [4.78, 5) is 2.49. The average molecular weight is 808 g/mol. The molecule has 0 atom stereocenters. The second kappa shape index (κ2) is 13.7. The number of para-hydroxylation sites is 1. The van der Waals surface area contributed by atoms with Gasteiger partial charge >= 0.3 is 0 Å². The molecule has 0 saturated carbocycles. The van der Waals surface area contributed by atoms with Gasteiger partial charge in [0.1, 0.15) is 11.2 Å². The van der Waals surface area contributed by atoms with Crippen molar-refractivity contribution in [3.63, 3.8) is 0 Å². The van der Waals surface area contributed by atoms with E-state index in [2.05, 4.69) is 229 Å². The third-order valence-corrected chi connectivity index (χ3v) is 14.3. The molecule has 10 aromatic carbocycles. The molecule has 2 nitrogen and oxygen atoms in total. The van der Waals surface area contributed by atoms with Crippen LogP contribution in [0.4, 0.5) is 17.1 Å². The van der Waals surface area contributed by atoms with Crippen LogP contribution in [0.15, 0.2) is 229 Å². The minimum atomic E-state index is -0.533. The smallest absolute Gasteiger partial charge is 0.143 e. The van der Waals surface area contributed by atoms with Crippen molar-refractivity contribution >= 4 is 81.3 Å². The van der Waals surface area contributed by atoms with Crippen LogP contribution < -0.4 is 4.90 Å². The zero-order valence-corrected chi connectivity index (χ0v) is 34.4. The van der Waals surface area contributed by atoms with Crippen LogP contribution in [-0.4, -0.2) is 0 Å². The summed E-state index contributed by atoms with van der Waals surface area (Å²) in [6.07, 6.45) is 0. The monoisotopic (exact) mass is 807 g/mol. The number of rotatable bonds is 6. The molecule has 0 aliphatic heterocycles. The number of hydrogen-bond donors (Lipinski definition) is 0. The second-order valence-corrected chi connectivity index (χ2v) is 17.4. The fraction of sp³-hybridized carbons (Fsp3) is 0.0169. The van der Waals surface area contributed by atoms with Gasteiger partial charge in [-0.1, -0.05) is 176 Å². The lowest BCUT2D eigenvalue weighted by Gasteiger charge is -2.35. The number of fused-ring (bicyclic) bond motifs is 11. The first-order valence-electron chi connectivity index (χ1n) is 21.2. The summed E-state index contributed by atoms with van der Waals surface area (Å²) in [7, 11) is 0. The van der Waals surface area contributed by atoms with Gasteiger partial charge in [0.05, 0.1) is 11.1 Å². The van der Waals surface area contributed by atoms with Gasteiger partial charge in [-0.15, -0.1) is 11.3 Å². The molecule has 12 aromatic rings. The van der Waals surface area contributed by atoms with Gasteiger partial charge in [-0.05, 0) is 92.9 Å². The van der Waals surface area contributed by atoms with E-state index in [0.717, 1.165) is 55.5 Å². The molecule has 3 heteroatoms. The van der Waals surface area contributed by atoms with E-state index >= 15 is 0 Å². The summed E-state index contributed by atoms with van der Waals surface area (Å²) in [6.45, 7) is 0. The lowest BCUT2D eigenvalue weighted by atomic mass is 9.67. The summed E-state index contributed by atoms with van der Waals surface area (Å²) >= 11 is 1.86. The maximum Gasteiger partial charge on any atom is 0.143 e. The van der Waals surface area contributed by atoms with E-state index in [-0.39, 0.29) is 0 Å². The van der Waals surface area contributed by atoms with Gasteiger partial charge in [-0.25, -0.2) is 0 Å². The summed E-state index contributed by atoms with van der Waals surface area (Å²) in [5.41, 5.74) is 14.4. The second-order valence-electron chi connectivity index (χ2n) is 16.3. The predicted octanol–water partition coefficient (Wildman–Crippen LogP) is 16.6. The van der Waals surface area contributed by atoms with Crippen molar-refractivity contribution in [3.05, 3.63) is 247 Å². The number of benzene rings is 10. The topological polar surface area (TPSA) is 16.4 Å². The highest BCUT2D eigenvalue weighted by Gasteiger charge is 2.46. The van der Waals surface area contributed by atoms with Crippen molar-refractivity contribution < 1.29 is 4.42 Å². The number of furan rings is 1. The average Bonchev–Trinajstić information content (AvgIpc) is 4.01. The number of thiophene rings is 1. The van der Waals surface area contributed by atoms with Crippen molar-refractivity contribution in [1.29, 1.82) is 0 Å². The molecule has 0 radical (unpaired) electrons.